The normalized spacial score (nSPS) is 6.00. The van der Waals surface area contributed by atoms with Crippen LogP contribution in [-0.2, 0) is 0 Å². The maximum Gasteiger partial charge on any atom is 0.0331 e. The molecule has 3 heteroatoms. The molecule has 0 saturated carbocycles. The van der Waals surface area contributed by atoms with Crippen molar-refractivity contribution in [2.75, 3.05) is 17.6 Å². The Hall–Kier alpha value is 1.05. The highest BCUT2D eigenvalue weighted by atomic mass is 32.2. The van der Waals surface area contributed by atoms with Crippen LogP contribution in [0, 0.1) is 0 Å². The third-order valence-corrected chi connectivity index (χ3v) is 0. The summed E-state index contributed by atoms with van der Waals surface area (Å²) in [6.07, 6.45) is 4.08. The van der Waals surface area contributed by atoms with Crippen molar-refractivity contribution >= 4 is 37.0 Å². The Balaban J connectivity index is 0. The minimum atomic E-state index is 0.639. The van der Waals surface area contributed by atoms with Crippen molar-refractivity contribution in [1.82, 2.24) is 0 Å². The van der Waals surface area contributed by atoms with Crippen molar-refractivity contribution in [3.63, 3.8) is 0 Å². The molecule has 0 aromatic heterocycles. The second kappa shape index (κ2) is 16.6. The van der Waals surface area contributed by atoms with Crippen LogP contribution in [0.3, 0.4) is 0 Å². The third kappa shape index (κ3) is 75.1. The lowest BCUT2D eigenvalue weighted by Crippen LogP contribution is -1.25. The Morgan fingerprint density at radius 3 is 1.33 bits per heavy atom. The molecule has 6 heavy (non-hydrogen) atoms. The van der Waals surface area contributed by atoms with Crippen LogP contribution < -0.4 is 0 Å². The van der Waals surface area contributed by atoms with E-state index in [2.05, 4.69) is 25.3 Å². The van der Waals surface area contributed by atoms with E-state index >= 15 is 0 Å². The molecule has 0 atom stereocenters. The van der Waals surface area contributed by atoms with Gasteiger partial charge in [-0.25, -0.2) is 0 Å². The molecule has 0 unspecified atom stereocenters. The molecule has 0 fully saturated rings. The molecule has 0 nitrogen and oxygen atoms in total. The van der Waals surface area contributed by atoms with Gasteiger partial charge in [-0.2, -0.15) is 37.0 Å². The highest BCUT2D eigenvalue weighted by Gasteiger charge is 1.35. The second-order valence-electron chi connectivity index (χ2n) is 0.550. The van der Waals surface area contributed by atoms with Crippen molar-refractivity contribution < 1.29 is 0 Å². The second-order valence-corrected chi connectivity index (χ2v) is 2.50. The predicted octanol–water partition coefficient (Wildman–Crippen LogP) is 1.78. The highest BCUT2D eigenvalue weighted by Crippen LogP contribution is 1.70. The van der Waals surface area contributed by atoms with Gasteiger partial charge in [0.1, 0.15) is 0 Å². The lowest BCUT2D eigenvalue weighted by molar-refractivity contribution is 2.37. The zero-order chi connectivity index (χ0) is 5.41. The van der Waals surface area contributed by atoms with Gasteiger partial charge in [0.2, 0.25) is 0 Å². The minimum Gasteiger partial charge on any atom is -0.169 e. The Labute approximate surface area is 54.9 Å². The van der Waals surface area contributed by atoms with E-state index in [1.165, 1.54) is 0 Å². The van der Waals surface area contributed by atoms with Crippen LogP contribution in [0.15, 0.2) is 0 Å². The van der Waals surface area contributed by atoms with E-state index in [1.54, 1.807) is 11.8 Å². The van der Waals surface area contributed by atoms with E-state index in [9.17, 15) is 0 Å². The average Bonchev–Trinajstić information content (AvgIpc) is 1.39. The first-order valence-electron chi connectivity index (χ1n) is 1.45. The predicted molar refractivity (Wildman–Crippen MR) is 42.3 cm³/mol. The van der Waals surface area contributed by atoms with Crippen LogP contribution in [-0.4, -0.2) is 17.6 Å². The molecule has 0 aliphatic rings. The molecule has 0 aliphatic heterocycles. The van der Waals surface area contributed by atoms with Crippen LogP contribution in [0.25, 0.3) is 0 Å². The largest absolute Gasteiger partial charge is 0.169 e. The first-order valence-corrected chi connectivity index (χ1v) is 4.35. The van der Waals surface area contributed by atoms with Crippen LogP contribution in [0.5, 0.6) is 0 Å². The van der Waals surface area contributed by atoms with Crippen LogP contribution in [0.2, 0.25) is 0 Å². The molecular weight excluding hydrogens is 132 g/mol. The Morgan fingerprint density at radius 1 is 1.33 bits per heavy atom. The summed E-state index contributed by atoms with van der Waals surface area (Å²) in [6.45, 7) is 0. The topological polar surface area (TPSA) is 0 Å². The first-order chi connectivity index (χ1) is 2.83. The van der Waals surface area contributed by atoms with Gasteiger partial charge >= 0.3 is 0 Å². The quantitative estimate of drug-likeness (QED) is 0.384. The fourth-order valence-electron chi connectivity index (χ4n) is 0. The summed E-state index contributed by atoms with van der Waals surface area (Å²) in [7, 11) is 0. The van der Waals surface area contributed by atoms with E-state index in [-0.39, 0.29) is 0 Å². The molecule has 0 rings (SSSR count). The smallest absolute Gasteiger partial charge is 0.0331 e. The molecule has 40 valence electrons. The lowest BCUT2D eigenvalue weighted by Gasteiger charge is -1.51. The number of hydrogen-bond acceptors (Lipinski definition) is 3. The number of thiol groups is 2. The van der Waals surface area contributed by atoms with E-state index in [0.717, 1.165) is 0 Å². The summed E-state index contributed by atoms with van der Waals surface area (Å²) < 4.78 is 0. The first kappa shape index (κ1) is 10.1. The maximum atomic E-state index is 3.65. The summed E-state index contributed by atoms with van der Waals surface area (Å²) in [5.41, 5.74) is 0. The van der Waals surface area contributed by atoms with E-state index in [1.807, 2.05) is 12.5 Å². The lowest BCUT2D eigenvalue weighted by atomic mass is 11.9. The van der Waals surface area contributed by atoms with Gasteiger partial charge in [-0.3, -0.25) is 0 Å². The van der Waals surface area contributed by atoms with Crippen LogP contribution >= 0.6 is 37.0 Å². The minimum absolute atomic E-state index is 0.639. The fraction of sp³-hybridized carbons (Fsp3) is 1.00. The van der Waals surface area contributed by atoms with Crippen molar-refractivity contribution in [2.45, 2.75) is 0 Å². The monoisotopic (exact) mass is 142 g/mol. The molecular formula is C3H10S3. The fourth-order valence-corrected chi connectivity index (χ4v) is 0. The SMILES string of the molecule is CSC.SCS. The molecule has 0 N–H and O–H groups in total. The van der Waals surface area contributed by atoms with Gasteiger partial charge in [0.25, 0.3) is 0 Å². The Morgan fingerprint density at radius 2 is 1.33 bits per heavy atom. The Bertz CT molecular complexity index is 8.00. The number of hydrogen-bond donors (Lipinski definition) is 2. The van der Waals surface area contributed by atoms with Crippen LogP contribution in [0.1, 0.15) is 0 Å². The van der Waals surface area contributed by atoms with Crippen molar-refractivity contribution in [2.24, 2.45) is 0 Å². The summed E-state index contributed by atoms with van der Waals surface area (Å²) in [5.74, 6) is 0. The molecule has 0 aliphatic carbocycles. The summed E-state index contributed by atoms with van der Waals surface area (Å²) in [5, 5.41) is 0.639. The average molecular weight is 142 g/mol. The highest BCUT2D eigenvalue weighted by molar-refractivity contribution is 7.98. The summed E-state index contributed by atoms with van der Waals surface area (Å²) >= 11 is 9.06. The van der Waals surface area contributed by atoms with Gasteiger partial charge in [-0.15, -0.1) is 0 Å². The van der Waals surface area contributed by atoms with Crippen molar-refractivity contribution in [1.29, 1.82) is 0 Å². The van der Waals surface area contributed by atoms with Crippen molar-refractivity contribution in [3.8, 4) is 0 Å². The van der Waals surface area contributed by atoms with Crippen LogP contribution in [0.4, 0.5) is 0 Å². The molecule has 0 heterocycles. The molecule has 0 radical (unpaired) electrons. The summed E-state index contributed by atoms with van der Waals surface area (Å²) in [6, 6.07) is 0. The Kier molecular flexibility index (Phi) is 28.0. The third-order valence-electron chi connectivity index (χ3n) is 0. The number of rotatable bonds is 0. The van der Waals surface area contributed by atoms with Gasteiger partial charge in [0, 0.05) is 5.08 Å². The van der Waals surface area contributed by atoms with Crippen molar-refractivity contribution in [3.05, 3.63) is 0 Å². The zero-order valence-corrected chi connectivity index (χ0v) is 6.62. The molecule has 0 amide bonds. The molecule has 0 saturated heterocycles. The molecule has 0 bridgehead atoms. The zero-order valence-electron chi connectivity index (χ0n) is 4.01. The maximum absolute atomic E-state index is 3.65. The standard InChI is InChI=1S/C2H6S.CH4S2/c1-3-2;2-1-3/h1-2H3;2-3H,1H2. The molecule has 0 spiro atoms. The van der Waals surface area contributed by atoms with Gasteiger partial charge in [-0.1, -0.05) is 0 Å². The number of thioether (sulfide) groups is 1. The van der Waals surface area contributed by atoms with Gasteiger partial charge in [0.15, 0.2) is 0 Å². The van der Waals surface area contributed by atoms with E-state index in [4.69, 9.17) is 0 Å². The van der Waals surface area contributed by atoms with Gasteiger partial charge in [0.05, 0.1) is 0 Å². The molecule has 0 aromatic rings. The summed E-state index contributed by atoms with van der Waals surface area (Å²) in [4.78, 5) is 0. The van der Waals surface area contributed by atoms with Gasteiger partial charge < -0.3 is 0 Å². The van der Waals surface area contributed by atoms with E-state index < -0.39 is 0 Å². The molecule has 0 aromatic carbocycles. The van der Waals surface area contributed by atoms with Gasteiger partial charge in [-0.05, 0) is 12.5 Å². The van der Waals surface area contributed by atoms with E-state index in [0.29, 0.717) is 5.08 Å².